The number of fused-ring (bicyclic) bond motifs is 1. The van der Waals surface area contributed by atoms with Crippen molar-refractivity contribution in [1.29, 1.82) is 0 Å². The van der Waals surface area contributed by atoms with Gasteiger partial charge in [0.15, 0.2) is 11.5 Å². The molecule has 1 saturated heterocycles. The molecule has 2 heterocycles. The van der Waals surface area contributed by atoms with Gasteiger partial charge in [0.2, 0.25) is 11.8 Å². The molecule has 1 atom stereocenters. The average Bonchev–Trinajstić information content (AvgIpc) is 3.43. The van der Waals surface area contributed by atoms with E-state index in [9.17, 15) is 19.2 Å². The fraction of sp³-hybridized carbons (Fsp3) is 0.419. The Morgan fingerprint density at radius 1 is 1.02 bits per heavy atom. The first-order valence-electron chi connectivity index (χ1n) is 14.2. The smallest absolute Gasteiger partial charge is 0.287 e. The Labute approximate surface area is 244 Å². The molecule has 3 N–H and O–H groups in total. The summed E-state index contributed by atoms with van der Waals surface area (Å²) in [5, 5.41) is 9.67. The molecule has 2 aliphatic rings. The molecule has 0 bridgehead atoms. The number of hydrogen-bond donors (Lipinski definition) is 3. The SMILES string of the molecule is O=C(CCCCl)Nc1ccccc1N1CCC(NC(=O)C2(NC(=O)c3cc4ccccc4o3)CCCCC2)C(=O)C1. The number of piperidine rings is 1. The summed E-state index contributed by atoms with van der Waals surface area (Å²) < 4.78 is 5.73. The topological polar surface area (TPSA) is 121 Å². The summed E-state index contributed by atoms with van der Waals surface area (Å²) in [5.74, 6) is -0.462. The lowest BCUT2D eigenvalue weighted by molar-refractivity contribution is -0.133. The minimum absolute atomic E-state index is 0.0951. The van der Waals surface area contributed by atoms with E-state index in [1.54, 1.807) is 12.1 Å². The summed E-state index contributed by atoms with van der Waals surface area (Å²) in [6.07, 6.45) is 4.88. The first-order valence-corrected chi connectivity index (χ1v) is 14.8. The number of ketones is 1. The van der Waals surface area contributed by atoms with E-state index in [0.717, 1.165) is 30.3 Å². The highest BCUT2D eigenvalue weighted by atomic mass is 35.5. The second kappa shape index (κ2) is 12.8. The van der Waals surface area contributed by atoms with Crippen LogP contribution >= 0.6 is 11.6 Å². The fourth-order valence-corrected chi connectivity index (χ4v) is 5.84. The Kier molecular flexibility index (Phi) is 8.93. The van der Waals surface area contributed by atoms with Crippen molar-refractivity contribution in [3.05, 3.63) is 60.4 Å². The zero-order valence-corrected chi connectivity index (χ0v) is 23.7. The third kappa shape index (κ3) is 6.56. The van der Waals surface area contributed by atoms with E-state index in [0.29, 0.717) is 55.8 Å². The predicted molar refractivity (Wildman–Crippen MR) is 158 cm³/mol. The highest BCUT2D eigenvalue weighted by Crippen LogP contribution is 2.31. The molecule has 3 aromatic rings. The van der Waals surface area contributed by atoms with Gasteiger partial charge in [-0.2, -0.15) is 0 Å². The predicted octanol–water partition coefficient (Wildman–Crippen LogP) is 4.79. The van der Waals surface area contributed by atoms with Crippen LogP contribution in [0, 0.1) is 0 Å². The Balaban J connectivity index is 1.25. The lowest BCUT2D eigenvalue weighted by Crippen LogP contribution is -2.63. The van der Waals surface area contributed by atoms with Gasteiger partial charge in [-0.1, -0.05) is 49.6 Å². The van der Waals surface area contributed by atoms with Gasteiger partial charge in [-0.25, -0.2) is 0 Å². The highest BCUT2D eigenvalue weighted by molar-refractivity contribution is 6.18. The molecule has 2 fully saturated rings. The van der Waals surface area contributed by atoms with Gasteiger partial charge in [0.25, 0.3) is 5.91 Å². The Morgan fingerprint density at radius 2 is 1.78 bits per heavy atom. The molecule has 10 heteroatoms. The summed E-state index contributed by atoms with van der Waals surface area (Å²) in [7, 11) is 0. The first kappa shape index (κ1) is 28.7. The van der Waals surface area contributed by atoms with Crippen molar-refractivity contribution in [1.82, 2.24) is 10.6 Å². The second-order valence-corrected chi connectivity index (χ2v) is 11.2. The van der Waals surface area contributed by atoms with Gasteiger partial charge in [-0.05, 0) is 49.9 Å². The van der Waals surface area contributed by atoms with E-state index in [2.05, 4.69) is 16.0 Å². The van der Waals surface area contributed by atoms with Crippen LogP contribution in [0.3, 0.4) is 0 Å². The number of hydrogen-bond acceptors (Lipinski definition) is 6. The molecule has 1 aromatic heterocycles. The van der Waals surface area contributed by atoms with Crippen molar-refractivity contribution >= 4 is 57.4 Å². The number of rotatable bonds is 9. The Morgan fingerprint density at radius 3 is 2.54 bits per heavy atom. The van der Waals surface area contributed by atoms with Gasteiger partial charge in [0.1, 0.15) is 11.1 Å². The minimum Gasteiger partial charge on any atom is -0.451 e. The van der Waals surface area contributed by atoms with Crippen LogP contribution in [-0.2, 0) is 14.4 Å². The fourth-order valence-electron chi connectivity index (χ4n) is 5.71. The molecule has 1 aliphatic heterocycles. The van der Waals surface area contributed by atoms with Crippen molar-refractivity contribution < 1.29 is 23.6 Å². The normalized spacial score (nSPS) is 18.6. The van der Waals surface area contributed by atoms with Crippen LogP contribution in [0.25, 0.3) is 11.0 Å². The van der Waals surface area contributed by atoms with Crippen molar-refractivity contribution in [2.24, 2.45) is 0 Å². The van der Waals surface area contributed by atoms with Crippen LogP contribution < -0.4 is 20.9 Å². The quantitative estimate of drug-likeness (QED) is 0.314. The summed E-state index contributed by atoms with van der Waals surface area (Å²) in [6.45, 7) is 0.613. The van der Waals surface area contributed by atoms with Crippen LogP contribution in [0.2, 0.25) is 0 Å². The number of amides is 3. The van der Waals surface area contributed by atoms with Crippen LogP contribution in [-0.4, -0.2) is 54.1 Å². The van der Waals surface area contributed by atoms with Gasteiger partial charge in [0.05, 0.1) is 24.0 Å². The molecule has 3 amide bonds. The third-order valence-electron chi connectivity index (χ3n) is 7.93. The standard InChI is InChI=1S/C31H35ClN4O5/c32-17-8-13-28(38)33-22-10-3-4-11-24(22)36-18-14-23(25(37)20-36)34-30(40)31(15-6-1-7-16-31)35-29(39)27-19-21-9-2-5-12-26(21)41-27/h2-5,9-12,19,23H,1,6-8,13-18,20H2,(H,33,38)(H,34,40)(H,35,39). The largest absolute Gasteiger partial charge is 0.451 e. The Hall–Kier alpha value is -3.85. The number of alkyl halides is 1. The molecule has 0 radical (unpaired) electrons. The van der Waals surface area contributed by atoms with E-state index in [1.165, 1.54) is 0 Å². The number of furan rings is 1. The summed E-state index contributed by atoms with van der Waals surface area (Å²) in [5.41, 5.74) is 0.892. The molecule has 0 spiro atoms. The Bertz CT molecular complexity index is 1400. The number of halogens is 1. The van der Waals surface area contributed by atoms with Crippen LogP contribution in [0.5, 0.6) is 0 Å². The number of carbonyl (C=O) groups is 4. The number of nitrogens with one attached hydrogen (secondary N) is 3. The molecule has 2 aromatic carbocycles. The molecule has 41 heavy (non-hydrogen) atoms. The summed E-state index contributed by atoms with van der Waals surface area (Å²) in [4.78, 5) is 54.4. The number of anilines is 2. The molecule has 1 saturated carbocycles. The van der Waals surface area contributed by atoms with Gasteiger partial charge in [0, 0.05) is 24.2 Å². The van der Waals surface area contributed by atoms with Crippen LogP contribution in [0.15, 0.2) is 59.0 Å². The van der Waals surface area contributed by atoms with Crippen LogP contribution in [0.1, 0.15) is 61.9 Å². The van der Waals surface area contributed by atoms with E-state index in [-0.39, 0.29) is 29.9 Å². The van der Waals surface area contributed by atoms with Crippen molar-refractivity contribution in [2.45, 2.75) is 62.9 Å². The van der Waals surface area contributed by atoms with Crippen molar-refractivity contribution in [3.8, 4) is 0 Å². The van der Waals surface area contributed by atoms with Gasteiger partial charge in [-0.15, -0.1) is 11.6 Å². The highest BCUT2D eigenvalue weighted by Gasteiger charge is 2.43. The maximum Gasteiger partial charge on any atom is 0.287 e. The number of Topliss-reactive ketones (excluding diaryl/α,β-unsaturated/α-hetero) is 1. The van der Waals surface area contributed by atoms with E-state index in [1.807, 2.05) is 47.4 Å². The number of nitrogens with zero attached hydrogens (tertiary/aromatic N) is 1. The zero-order valence-electron chi connectivity index (χ0n) is 22.9. The zero-order chi connectivity index (χ0) is 28.8. The van der Waals surface area contributed by atoms with Crippen molar-refractivity contribution in [3.63, 3.8) is 0 Å². The molecule has 216 valence electrons. The summed E-state index contributed by atoms with van der Waals surface area (Å²) >= 11 is 5.71. The number of carbonyl (C=O) groups excluding carboxylic acids is 4. The van der Waals surface area contributed by atoms with E-state index in [4.69, 9.17) is 16.0 Å². The lowest BCUT2D eigenvalue weighted by atomic mass is 9.80. The average molecular weight is 579 g/mol. The van der Waals surface area contributed by atoms with Crippen LogP contribution in [0.4, 0.5) is 11.4 Å². The maximum absolute atomic E-state index is 13.7. The molecular weight excluding hydrogens is 544 g/mol. The molecule has 1 unspecified atom stereocenters. The first-order chi connectivity index (χ1) is 19.9. The monoisotopic (exact) mass is 578 g/mol. The second-order valence-electron chi connectivity index (χ2n) is 10.8. The van der Waals surface area contributed by atoms with Gasteiger partial charge < -0.3 is 25.3 Å². The molecular formula is C31H35ClN4O5. The maximum atomic E-state index is 13.7. The molecule has 1 aliphatic carbocycles. The number of benzene rings is 2. The summed E-state index contributed by atoms with van der Waals surface area (Å²) in [6, 6.07) is 15.8. The van der Waals surface area contributed by atoms with Gasteiger partial charge in [-0.3, -0.25) is 19.2 Å². The van der Waals surface area contributed by atoms with Gasteiger partial charge >= 0.3 is 0 Å². The number of para-hydroxylation sites is 3. The molecule has 9 nitrogen and oxygen atoms in total. The van der Waals surface area contributed by atoms with Crippen molar-refractivity contribution in [2.75, 3.05) is 29.2 Å². The van der Waals surface area contributed by atoms with E-state index < -0.39 is 17.5 Å². The minimum atomic E-state index is -1.11. The lowest BCUT2D eigenvalue weighted by Gasteiger charge is -2.39. The van der Waals surface area contributed by atoms with E-state index >= 15 is 0 Å². The third-order valence-corrected chi connectivity index (χ3v) is 8.20. The molecule has 5 rings (SSSR count).